The number of nitrogens with zero attached hydrogens (tertiary/aromatic N) is 5. The minimum Gasteiger partial charge on any atom is -0.252 e. The molecule has 122 valence electrons. The van der Waals surface area contributed by atoms with Crippen molar-refractivity contribution in [3.63, 3.8) is 0 Å². The first-order valence-electron chi connectivity index (χ1n) is 7.40. The lowest BCUT2D eigenvalue weighted by molar-refractivity contribution is 0.870. The largest absolute Gasteiger partial charge is 0.252 e. The Morgan fingerprint density at radius 3 is 2.80 bits per heavy atom. The Balaban J connectivity index is 1.74. The molecule has 0 saturated carbocycles. The van der Waals surface area contributed by atoms with E-state index in [1.807, 2.05) is 36.4 Å². The van der Waals surface area contributed by atoms with Gasteiger partial charge in [-0.15, -0.1) is 0 Å². The Morgan fingerprint density at radius 1 is 1.12 bits per heavy atom. The quantitative estimate of drug-likeness (QED) is 0.438. The van der Waals surface area contributed by atoms with E-state index in [1.54, 1.807) is 24.5 Å². The molecule has 2 aromatic heterocycles. The zero-order valence-electron chi connectivity index (χ0n) is 12.8. The van der Waals surface area contributed by atoms with Crippen LogP contribution in [0.5, 0.6) is 0 Å². The number of benzene rings is 2. The topological polar surface area (TPSA) is 71.8 Å². The highest BCUT2D eigenvalue weighted by atomic mass is 35.5. The fraction of sp³-hybridized carbons (Fsp3) is 0. The van der Waals surface area contributed by atoms with Crippen LogP contribution in [-0.2, 0) is 0 Å². The number of aromatic nitrogens is 5. The second-order valence-electron chi connectivity index (χ2n) is 5.20. The fourth-order valence-electron chi connectivity index (χ4n) is 2.36. The average Bonchev–Trinajstić information content (AvgIpc) is 3.00. The second kappa shape index (κ2) is 6.54. The molecule has 0 aliphatic rings. The van der Waals surface area contributed by atoms with E-state index in [9.17, 15) is 0 Å². The Hall–Kier alpha value is -2.90. The van der Waals surface area contributed by atoms with E-state index in [4.69, 9.17) is 23.8 Å². The van der Waals surface area contributed by atoms with Crippen LogP contribution in [0.1, 0.15) is 5.69 Å². The lowest BCUT2D eigenvalue weighted by Gasteiger charge is -2.01. The molecule has 0 unspecified atom stereocenters. The maximum atomic E-state index is 6.05. The summed E-state index contributed by atoms with van der Waals surface area (Å²) in [6.45, 7) is 0. The Labute approximate surface area is 152 Å². The smallest absolute Gasteiger partial charge is 0.216 e. The van der Waals surface area contributed by atoms with Gasteiger partial charge in [0, 0.05) is 10.6 Å². The van der Waals surface area contributed by atoms with Crippen LogP contribution in [0.3, 0.4) is 0 Å². The van der Waals surface area contributed by atoms with Gasteiger partial charge >= 0.3 is 0 Å². The summed E-state index contributed by atoms with van der Waals surface area (Å²) in [5, 5.41) is 12.0. The molecule has 25 heavy (non-hydrogen) atoms. The van der Waals surface area contributed by atoms with Crippen LogP contribution in [0, 0.1) is 4.77 Å². The van der Waals surface area contributed by atoms with Gasteiger partial charge in [0.25, 0.3) is 0 Å². The molecule has 0 atom stereocenters. The third-order valence-corrected chi connectivity index (χ3v) is 4.01. The lowest BCUT2D eigenvalue weighted by atomic mass is 10.2. The van der Waals surface area contributed by atoms with Crippen molar-refractivity contribution in [2.75, 3.05) is 0 Å². The van der Waals surface area contributed by atoms with Gasteiger partial charge in [0.2, 0.25) is 4.77 Å². The highest BCUT2D eigenvalue weighted by Gasteiger charge is 2.08. The van der Waals surface area contributed by atoms with Crippen molar-refractivity contribution in [3.8, 4) is 11.4 Å². The zero-order valence-corrected chi connectivity index (χ0v) is 14.4. The molecule has 0 saturated heterocycles. The van der Waals surface area contributed by atoms with E-state index in [0.29, 0.717) is 21.3 Å². The van der Waals surface area contributed by atoms with Crippen molar-refractivity contribution in [2.24, 2.45) is 5.10 Å². The lowest BCUT2D eigenvalue weighted by Crippen LogP contribution is -1.97. The summed E-state index contributed by atoms with van der Waals surface area (Å²) in [5.74, 6) is 0.567. The Morgan fingerprint density at radius 2 is 1.96 bits per heavy atom. The molecule has 4 aromatic rings. The molecular weight excluding hydrogens is 356 g/mol. The summed E-state index contributed by atoms with van der Waals surface area (Å²) in [4.78, 5) is 8.88. The van der Waals surface area contributed by atoms with Gasteiger partial charge in [-0.2, -0.15) is 14.9 Å². The number of nitrogens with one attached hydrogen (secondary N) is 1. The van der Waals surface area contributed by atoms with Crippen LogP contribution in [0.25, 0.3) is 22.4 Å². The van der Waals surface area contributed by atoms with Gasteiger partial charge in [0.05, 0.1) is 23.4 Å². The number of hydrogen-bond donors (Lipinski definition) is 1. The number of hydrogen-bond acceptors (Lipinski definition) is 5. The van der Waals surface area contributed by atoms with E-state index < -0.39 is 0 Å². The van der Waals surface area contributed by atoms with Crippen LogP contribution in [0.15, 0.2) is 59.8 Å². The number of H-pyrrole nitrogens is 1. The Kier molecular flexibility index (Phi) is 4.09. The van der Waals surface area contributed by atoms with Gasteiger partial charge in [-0.1, -0.05) is 35.9 Å². The molecule has 0 fully saturated rings. The first kappa shape index (κ1) is 15.6. The predicted molar refractivity (Wildman–Crippen MR) is 100 cm³/mol. The van der Waals surface area contributed by atoms with Crippen molar-refractivity contribution in [2.45, 2.75) is 0 Å². The fourth-order valence-corrected chi connectivity index (χ4v) is 2.73. The molecule has 0 radical (unpaired) electrons. The maximum Gasteiger partial charge on any atom is 0.216 e. The molecule has 4 rings (SSSR count). The molecule has 0 spiro atoms. The molecule has 0 bridgehead atoms. The summed E-state index contributed by atoms with van der Waals surface area (Å²) >= 11 is 11.3. The molecule has 0 aliphatic heterocycles. The molecule has 8 heteroatoms. The molecule has 0 amide bonds. The van der Waals surface area contributed by atoms with Crippen molar-refractivity contribution in [1.82, 2.24) is 24.8 Å². The van der Waals surface area contributed by atoms with Gasteiger partial charge in [0.1, 0.15) is 5.69 Å². The van der Waals surface area contributed by atoms with Crippen molar-refractivity contribution < 1.29 is 0 Å². The van der Waals surface area contributed by atoms with E-state index in [2.05, 4.69) is 25.3 Å². The van der Waals surface area contributed by atoms with E-state index in [0.717, 1.165) is 16.6 Å². The number of halogens is 1. The molecule has 2 heterocycles. The first-order chi connectivity index (χ1) is 12.2. The number of rotatable bonds is 3. The van der Waals surface area contributed by atoms with Crippen molar-refractivity contribution in [3.05, 3.63) is 70.2 Å². The number of para-hydroxylation sites is 2. The monoisotopic (exact) mass is 366 g/mol. The zero-order chi connectivity index (χ0) is 17.2. The van der Waals surface area contributed by atoms with E-state index in [-0.39, 0.29) is 0 Å². The highest BCUT2D eigenvalue weighted by molar-refractivity contribution is 7.71. The van der Waals surface area contributed by atoms with Crippen LogP contribution in [0.2, 0.25) is 5.02 Å². The van der Waals surface area contributed by atoms with Crippen LogP contribution >= 0.6 is 23.8 Å². The van der Waals surface area contributed by atoms with Crippen molar-refractivity contribution in [1.29, 1.82) is 0 Å². The summed E-state index contributed by atoms with van der Waals surface area (Å²) in [6, 6.07) is 15.0. The number of aromatic amines is 1. The van der Waals surface area contributed by atoms with Gasteiger partial charge in [-0.25, -0.2) is 10.1 Å². The minimum absolute atomic E-state index is 0.375. The highest BCUT2D eigenvalue weighted by Crippen LogP contribution is 2.21. The standard InChI is InChI=1S/C17H11ClN6S/c18-12-5-3-4-11(8-12)16-22-23-17(25)24(16)20-10-13-9-19-14-6-1-2-7-15(14)21-13/h1-10H,(H,23,25)/b20-10-. The Bertz CT molecular complexity index is 1150. The van der Waals surface area contributed by atoms with E-state index in [1.165, 1.54) is 4.68 Å². The molecule has 6 nitrogen and oxygen atoms in total. The van der Waals surface area contributed by atoms with Gasteiger partial charge < -0.3 is 0 Å². The SMILES string of the molecule is S=c1[nH]nc(-c2cccc(Cl)c2)n1/N=C\c1cnc2ccccc2n1. The molecule has 0 aliphatic carbocycles. The molecule has 1 N–H and O–H groups in total. The van der Waals surface area contributed by atoms with Crippen LogP contribution in [-0.4, -0.2) is 31.1 Å². The molecule has 2 aromatic carbocycles. The average molecular weight is 367 g/mol. The molecular formula is C17H11ClN6S. The number of fused-ring (bicyclic) bond motifs is 1. The van der Waals surface area contributed by atoms with Gasteiger partial charge in [-0.05, 0) is 36.5 Å². The summed E-state index contributed by atoms with van der Waals surface area (Å²) in [7, 11) is 0. The minimum atomic E-state index is 0.375. The summed E-state index contributed by atoms with van der Waals surface area (Å²) in [5.41, 5.74) is 3.07. The third-order valence-electron chi connectivity index (χ3n) is 3.51. The predicted octanol–water partition coefficient (Wildman–Crippen LogP) is 4.09. The normalized spacial score (nSPS) is 11.4. The summed E-state index contributed by atoms with van der Waals surface area (Å²) in [6.07, 6.45) is 3.26. The van der Waals surface area contributed by atoms with Gasteiger partial charge in [-0.3, -0.25) is 4.98 Å². The maximum absolute atomic E-state index is 6.05. The van der Waals surface area contributed by atoms with Gasteiger partial charge in [0.15, 0.2) is 5.82 Å². The summed E-state index contributed by atoms with van der Waals surface area (Å²) < 4.78 is 1.90. The van der Waals surface area contributed by atoms with Crippen LogP contribution < -0.4 is 0 Å². The third kappa shape index (κ3) is 3.19. The van der Waals surface area contributed by atoms with E-state index >= 15 is 0 Å². The second-order valence-corrected chi connectivity index (χ2v) is 6.03. The van der Waals surface area contributed by atoms with Crippen molar-refractivity contribution >= 4 is 41.1 Å². The van der Waals surface area contributed by atoms with Crippen LogP contribution in [0.4, 0.5) is 0 Å². The first-order valence-corrected chi connectivity index (χ1v) is 8.19.